The number of aryl methyl sites for hydroxylation is 1. The normalized spacial score (nSPS) is 14.6. The van der Waals surface area contributed by atoms with Gasteiger partial charge in [0.15, 0.2) is 0 Å². The van der Waals surface area contributed by atoms with Crippen molar-refractivity contribution >= 4 is 0 Å². The van der Waals surface area contributed by atoms with Gasteiger partial charge >= 0.3 is 0 Å². The third-order valence-corrected chi connectivity index (χ3v) is 3.95. The Balaban J connectivity index is 2.21. The van der Waals surface area contributed by atoms with E-state index in [4.69, 9.17) is 5.73 Å². The molecule has 1 aliphatic rings. The number of phenols is 1. The second-order valence-corrected chi connectivity index (χ2v) is 5.49. The Hall–Kier alpha value is -1.87. The highest BCUT2D eigenvalue weighted by Gasteiger charge is 2.28. The number of rotatable bonds is 3. The van der Waals surface area contributed by atoms with E-state index in [1.54, 1.807) is 12.1 Å². The van der Waals surface area contributed by atoms with E-state index in [9.17, 15) is 9.50 Å². The summed E-state index contributed by atoms with van der Waals surface area (Å²) in [5.74, 6) is 0.361. The molecule has 1 aliphatic carbocycles. The number of benzene rings is 2. The van der Waals surface area contributed by atoms with Gasteiger partial charge in [0.1, 0.15) is 11.6 Å². The van der Waals surface area contributed by atoms with E-state index >= 15 is 0 Å². The predicted octanol–water partition coefficient (Wildman–Crippen LogP) is 3.84. The molecule has 0 unspecified atom stereocenters. The molecule has 2 nitrogen and oxygen atoms in total. The van der Waals surface area contributed by atoms with Crippen LogP contribution in [0.25, 0.3) is 11.1 Å². The molecule has 2 aromatic carbocycles. The van der Waals surface area contributed by atoms with Gasteiger partial charge in [0.2, 0.25) is 0 Å². The van der Waals surface area contributed by atoms with Gasteiger partial charge in [-0.1, -0.05) is 12.1 Å². The summed E-state index contributed by atoms with van der Waals surface area (Å²) in [5, 5.41) is 10.1. The summed E-state index contributed by atoms with van der Waals surface area (Å²) < 4.78 is 14.3. The summed E-state index contributed by atoms with van der Waals surface area (Å²) in [6, 6.07) is 9.03. The van der Waals surface area contributed by atoms with Gasteiger partial charge in [-0.25, -0.2) is 4.39 Å². The van der Waals surface area contributed by atoms with E-state index in [-0.39, 0.29) is 18.1 Å². The van der Waals surface area contributed by atoms with Crippen LogP contribution in [0.5, 0.6) is 5.75 Å². The Bertz CT molecular complexity index is 642. The zero-order valence-corrected chi connectivity index (χ0v) is 11.5. The molecule has 0 radical (unpaired) electrons. The number of phenolic OH excluding ortho intramolecular Hbond substituents is 1. The van der Waals surface area contributed by atoms with Crippen molar-refractivity contribution in [3.63, 3.8) is 0 Å². The molecule has 3 N–H and O–H groups in total. The van der Waals surface area contributed by atoms with Gasteiger partial charge in [-0.2, -0.15) is 0 Å². The van der Waals surface area contributed by atoms with Crippen LogP contribution in [0.15, 0.2) is 30.3 Å². The van der Waals surface area contributed by atoms with Gasteiger partial charge in [-0.3, -0.25) is 0 Å². The molecule has 1 saturated carbocycles. The number of nitrogens with two attached hydrogens (primary N) is 1. The third-order valence-electron chi connectivity index (χ3n) is 3.95. The number of halogens is 1. The fourth-order valence-electron chi connectivity index (χ4n) is 2.72. The minimum Gasteiger partial charge on any atom is -0.507 e. The molecule has 0 aromatic heterocycles. The van der Waals surface area contributed by atoms with E-state index in [0.29, 0.717) is 11.5 Å². The van der Waals surface area contributed by atoms with Crippen molar-refractivity contribution in [3.05, 3.63) is 52.8 Å². The summed E-state index contributed by atoms with van der Waals surface area (Å²) in [7, 11) is 0. The third kappa shape index (κ3) is 2.18. The Morgan fingerprint density at radius 2 is 2.05 bits per heavy atom. The highest BCUT2D eigenvalue weighted by Crippen LogP contribution is 2.44. The van der Waals surface area contributed by atoms with E-state index in [0.717, 1.165) is 35.1 Å². The molecule has 20 heavy (non-hydrogen) atoms. The van der Waals surface area contributed by atoms with Crippen LogP contribution >= 0.6 is 0 Å². The average molecular weight is 271 g/mol. The first-order valence-electron chi connectivity index (χ1n) is 6.93. The Kier molecular flexibility index (Phi) is 3.22. The van der Waals surface area contributed by atoms with Gasteiger partial charge in [-0.15, -0.1) is 0 Å². The van der Waals surface area contributed by atoms with Crippen LogP contribution in [0, 0.1) is 12.7 Å². The molecule has 0 bridgehead atoms. The van der Waals surface area contributed by atoms with E-state index in [1.165, 1.54) is 0 Å². The van der Waals surface area contributed by atoms with Crippen LogP contribution in [-0.2, 0) is 6.54 Å². The SMILES string of the molecule is Cc1cccc(O)c1-c1cc(CN)c(F)c(C2CC2)c1. The predicted molar refractivity (Wildman–Crippen MR) is 78.1 cm³/mol. The van der Waals surface area contributed by atoms with Crippen molar-refractivity contribution in [2.45, 2.75) is 32.2 Å². The van der Waals surface area contributed by atoms with E-state index < -0.39 is 0 Å². The second kappa shape index (κ2) is 4.91. The van der Waals surface area contributed by atoms with Crippen molar-refractivity contribution in [1.29, 1.82) is 0 Å². The highest BCUT2D eigenvalue weighted by molar-refractivity contribution is 5.74. The molecule has 3 rings (SSSR count). The van der Waals surface area contributed by atoms with Gasteiger partial charge in [-0.05, 0) is 60.6 Å². The average Bonchev–Trinajstić information content (AvgIpc) is 3.24. The molecule has 0 spiro atoms. The van der Waals surface area contributed by atoms with Gasteiger partial charge in [0, 0.05) is 17.7 Å². The maximum Gasteiger partial charge on any atom is 0.131 e. The lowest BCUT2D eigenvalue weighted by atomic mass is 9.94. The lowest BCUT2D eigenvalue weighted by Crippen LogP contribution is -2.03. The van der Waals surface area contributed by atoms with Crippen molar-refractivity contribution in [1.82, 2.24) is 0 Å². The maximum atomic E-state index is 14.3. The molecule has 0 atom stereocenters. The fraction of sp³-hybridized carbons (Fsp3) is 0.294. The Morgan fingerprint density at radius 3 is 2.65 bits per heavy atom. The molecule has 0 amide bonds. The molecule has 104 valence electrons. The van der Waals surface area contributed by atoms with Crippen molar-refractivity contribution in [2.75, 3.05) is 0 Å². The smallest absolute Gasteiger partial charge is 0.131 e. The molecule has 0 aliphatic heterocycles. The Morgan fingerprint density at radius 1 is 1.30 bits per heavy atom. The Labute approximate surface area is 118 Å². The fourth-order valence-corrected chi connectivity index (χ4v) is 2.72. The van der Waals surface area contributed by atoms with Crippen LogP contribution in [0.1, 0.15) is 35.4 Å². The lowest BCUT2D eigenvalue weighted by molar-refractivity contribution is 0.477. The standard InChI is InChI=1S/C17H18FNO/c1-10-3-2-4-15(20)16(10)12-7-13(9-19)17(18)14(8-12)11-5-6-11/h2-4,7-8,11,20H,5-6,9,19H2,1H3. The van der Waals surface area contributed by atoms with Crippen LogP contribution in [0.2, 0.25) is 0 Å². The second-order valence-electron chi connectivity index (χ2n) is 5.49. The molecule has 0 heterocycles. The first-order valence-corrected chi connectivity index (χ1v) is 6.93. The van der Waals surface area contributed by atoms with Crippen molar-refractivity contribution < 1.29 is 9.50 Å². The van der Waals surface area contributed by atoms with Gasteiger partial charge < -0.3 is 10.8 Å². The molecular formula is C17H18FNO. The van der Waals surface area contributed by atoms with Crippen LogP contribution in [0.4, 0.5) is 4.39 Å². The van der Waals surface area contributed by atoms with E-state index in [1.807, 2.05) is 25.1 Å². The monoisotopic (exact) mass is 271 g/mol. The molecular weight excluding hydrogens is 253 g/mol. The number of aromatic hydroxyl groups is 1. The van der Waals surface area contributed by atoms with E-state index in [2.05, 4.69) is 0 Å². The van der Waals surface area contributed by atoms with Gasteiger partial charge in [0.05, 0.1) is 0 Å². The van der Waals surface area contributed by atoms with Crippen LogP contribution < -0.4 is 5.73 Å². The molecule has 3 heteroatoms. The summed E-state index contributed by atoms with van der Waals surface area (Å²) in [6.07, 6.45) is 2.06. The minimum absolute atomic E-state index is 0.173. The molecule has 2 aromatic rings. The van der Waals surface area contributed by atoms with Gasteiger partial charge in [0.25, 0.3) is 0 Å². The molecule has 0 saturated heterocycles. The maximum absolute atomic E-state index is 14.3. The lowest BCUT2D eigenvalue weighted by Gasteiger charge is -2.13. The largest absolute Gasteiger partial charge is 0.507 e. The summed E-state index contributed by atoms with van der Waals surface area (Å²) in [5.41, 5.74) is 9.51. The van der Waals surface area contributed by atoms with Crippen LogP contribution in [0.3, 0.4) is 0 Å². The van der Waals surface area contributed by atoms with Crippen molar-refractivity contribution in [2.24, 2.45) is 5.73 Å². The number of hydrogen-bond donors (Lipinski definition) is 2. The summed E-state index contributed by atoms with van der Waals surface area (Å²) >= 11 is 0. The topological polar surface area (TPSA) is 46.2 Å². The minimum atomic E-state index is -0.174. The summed E-state index contributed by atoms with van der Waals surface area (Å²) in [4.78, 5) is 0. The number of hydrogen-bond acceptors (Lipinski definition) is 2. The zero-order valence-electron chi connectivity index (χ0n) is 11.5. The molecule has 1 fully saturated rings. The highest BCUT2D eigenvalue weighted by atomic mass is 19.1. The van der Waals surface area contributed by atoms with Crippen molar-refractivity contribution in [3.8, 4) is 16.9 Å². The summed E-state index contributed by atoms with van der Waals surface area (Å²) in [6.45, 7) is 2.11. The first kappa shape index (κ1) is 13.1. The zero-order chi connectivity index (χ0) is 14.3. The quantitative estimate of drug-likeness (QED) is 0.890. The first-order chi connectivity index (χ1) is 9.61. The van der Waals surface area contributed by atoms with Crippen LogP contribution in [-0.4, -0.2) is 5.11 Å².